The molecule has 2 aliphatic rings. The van der Waals surface area contributed by atoms with Crippen LogP contribution in [0.15, 0.2) is 24.3 Å². The monoisotopic (exact) mass is 245 g/mol. The molecule has 0 atom stereocenters. The molecule has 0 aliphatic heterocycles. The molecule has 2 heteroatoms. The van der Waals surface area contributed by atoms with Crippen molar-refractivity contribution in [2.75, 3.05) is 0 Å². The standard InChI is InChI=1S/C16H23NO/c1-2-6-14(12-18-16-7-3-4-8-16)13(5-1)11-17-15-9-10-15/h1-2,5-6,15-17H,3-4,7-12H2. The minimum atomic E-state index is 0.509. The van der Waals surface area contributed by atoms with Gasteiger partial charge in [-0.25, -0.2) is 0 Å². The van der Waals surface area contributed by atoms with Crippen molar-refractivity contribution >= 4 is 0 Å². The molecular formula is C16H23NO. The molecule has 1 aromatic rings. The summed E-state index contributed by atoms with van der Waals surface area (Å²) >= 11 is 0. The average molecular weight is 245 g/mol. The van der Waals surface area contributed by atoms with Crippen LogP contribution in [0.1, 0.15) is 49.7 Å². The zero-order valence-electron chi connectivity index (χ0n) is 11.0. The molecule has 18 heavy (non-hydrogen) atoms. The Bertz CT molecular complexity index is 380. The Morgan fingerprint density at radius 1 is 1.00 bits per heavy atom. The topological polar surface area (TPSA) is 21.3 Å². The van der Waals surface area contributed by atoms with Gasteiger partial charge in [-0.1, -0.05) is 37.1 Å². The second kappa shape index (κ2) is 5.85. The zero-order valence-corrected chi connectivity index (χ0v) is 11.0. The second-order valence-electron chi connectivity index (χ2n) is 5.64. The molecular weight excluding hydrogens is 222 g/mol. The van der Waals surface area contributed by atoms with Gasteiger partial charge in [0.2, 0.25) is 0 Å². The third kappa shape index (κ3) is 3.33. The van der Waals surface area contributed by atoms with E-state index < -0.39 is 0 Å². The SMILES string of the molecule is c1ccc(COC2CCCC2)c(CNC2CC2)c1. The van der Waals surface area contributed by atoms with Crippen molar-refractivity contribution in [3.8, 4) is 0 Å². The van der Waals surface area contributed by atoms with Gasteiger partial charge in [-0.05, 0) is 36.8 Å². The van der Waals surface area contributed by atoms with E-state index in [1.807, 2.05) is 0 Å². The summed E-state index contributed by atoms with van der Waals surface area (Å²) in [6.45, 7) is 1.78. The Hall–Kier alpha value is -0.860. The highest BCUT2D eigenvalue weighted by Gasteiger charge is 2.20. The van der Waals surface area contributed by atoms with E-state index in [-0.39, 0.29) is 0 Å². The van der Waals surface area contributed by atoms with Crippen molar-refractivity contribution in [3.63, 3.8) is 0 Å². The Morgan fingerprint density at radius 2 is 1.72 bits per heavy atom. The molecule has 0 radical (unpaired) electrons. The zero-order chi connectivity index (χ0) is 12.2. The quantitative estimate of drug-likeness (QED) is 0.829. The second-order valence-corrected chi connectivity index (χ2v) is 5.64. The lowest BCUT2D eigenvalue weighted by Crippen LogP contribution is -2.17. The number of nitrogens with one attached hydrogen (secondary N) is 1. The fraction of sp³-hybridized carbons (Fsp3) is 0.625. The molecule has 1 N–H and O–H groups in total. The minimum Gasteiger partial charge on any atom is -0.374 e. The highest BCUT2D eigenvalue weighted by atomic mass is 16.5. The highest BCUT2D eigenvalue weighted by molar-refractivity contribution is 5.26. The molecule has 1 aromatic carbocycles. The molecule has 0 bridgehead atoms. The van der Waals surface area contributed by atoms with Crippen LogP contribution in [0.5, 0.6) is 0 Å². The summed E-state index contributed by atoms with van der Waals surface area (Å²) in [6, 6.07) is 9.45. The molecule has 0 unspecified atom stereocenters. The Morgan fingerprint density at radius 3 is 2.44 bits per heavy atom. The molecule has 0 saturated heterocycles. The van der Waals surface area contributed by atoms with Gasteiger partial charge in [0.15, 0.2) is 0 Å². The van der Waals surface area contributed by atoms with Gasteiger partial charge in [-0.3, -0.25) is 0 Å². The number of ether oxygens (including phenoxy) is 1. The van der Waals surface area contributed by atoms with Crippen LogP contribution < -0.4 is 5.32 Å². The van der Waals surface area contributed by atoms with E-state index in [0.29, 0.717) is 6.10 Å². The number of rotatable bonds is 6. The summed E-state index contributed by atoms with van der Waals surface area (Å²) in [7, 11) is 0. The van der Waals surface area contributed by atoms with Crippen LogP contribution in [0.3, 0.4) is 0 Å². The van der Waals surface area contributed by atoms with Crippen molar-refractivity contribution in [3.05, 3.63) is 35.4 Å². The molecule has 2 saturated carbocycles. The van der Waals surface area contributed by atoms with E-state index in [2.05, 4.69) is 29.6 Å². The molecule has 2 aliphatic carbocycles. The first-order valence-corrected chi connectivity index (χ1v) is 7.33. The van der Waals surface area contributed by atoms with Crippen molar-refractivity contribution in [1.29, 1.82) is 0 Å². The van der Waals surface area contributed by atoms with E-state index in [1.165, 1.54) is 49.7 Å². The van der Waals surface area contributed by atoms with Crippen LogP contribution >= 0.6 is 0 Å². The lowest BCUT2D eigenvalue weighted by molar-refractivity contribution is 0.0452. The third-order valence-corrected chi connectivity index (χ3v) is 4.05. The average Bonchev–Trinajstić information content (AvgIpc) is 3.09. The molecule has 0 aromatic heterocycles. The summed E-state index contributed by atoms with van der Waals surface area (Å²) in [5.41, 5.74) is 2.76. The van der Waals surface area contributed by atoms with Crippen molar-refractivity contribution in [1.82, 2.24) is 5.32 Å². The van der Waals surface area contributed by atoms with Gasteiger partial charge in [0.05, 0.1) is 12.7 Å². The van der Waals surface area contributed by atoms with Crippen LogP contribution in [-0.2, 0) is 17.9 Å². The first-order chi connectivity index (χ1) is 8.92. The van der Waals surface area contributed by atoms with E-state index in [0.717, 1.165) is 19.2 Å². The third-order valence-electron chi connectivity index (χ3n) is 4.05. The molecule has 2 fully saturated rings. The van der Waals surface area contributed by atoms with Crippen molar-refractivity contribution < 1.29 is 4.74 Å². The molecule has 2 nitrogen and oxygen atoms in total. The van der Waals surface area contributed by atoms with Crippen molar-refractivity contribution in [2.45, 2.75) is 63.8 Å². The van der Waals surface area contributed by atoms with E-state index in [1.54, 1.807) is 0 Å². The van der Waals surface area contributed by atoms with Gasteiger partial charge in [-0.2, -0.15) is 0 Å². The van der Waals surface area contributed by atoms with Gasteiger partial charge in [0.1, 0.15) is 0 Å². The van der Waals surface area contributed by atoms with Crippen LogP contribution in [0.2, 0.25) is 0 Å². The Labute approximate surface area is 110 Å². The van der Waals surface area contributed by atoms with Crippen LogP contribution in [0.25, 0.3) is 0 Å². The fourth-order valence-corrected chi connectivity index (χ4v) is 2.68. The molecule has 0 spiro atoms. The smallest absolute Gasteiger partial charge is 0.0723 e. The summed E-state index contributed by atoms with van der Waals surface area (Å²) in [6.07, 6.45) is 8.40. The minimum absolute atomic E-state index is 0.509. The van der Waals surface area contributed by atoms with Gasteiger partial charge < -0.3 is 10.1 Å². The molecule has 98 valence electrons. The van der Waals surface area contributed by atoms with E-state index in [9.17, 15) is 0 Å². The first kappa shape index (κ1) is 12.2. The van der Waals surface area contributed by atoms with E-state index in [4.69, 9.17) is 4.74 Å². The van der Waals surface area contributed by atoms with Gasteiger partial charge >= 0.3 is 0 Å². The van der Waals surface area contributed by atoms with Crippen LogP contribution in [0.4, 0.5) is 0 Å². The van der Waals surface area contributed by atoms with E-state index >= 15 is 0 Å². The first-order valence-electron chi connectivity index (χ1n) is 7.33. The fourth-order valence-electron chi connectivity index (χ4n) is 2.68. The number of benzene rings is 1. The summed E-state index contributed by atoms with van der Waals surface area (Å²) in [4.78, 5) is 0. The Kier molecular flexibility index (Phi) is 3.96. The molecule has 0 heterocycles. The van der Waals surface area contributed by atoms with Gasteiger partial charge in [0, 0.05) is 12.6 Å². The highest BCUT2D eigenvalue weighted by Crippen LogP contribution is 2.23. The maximum Gasteiger partial charge on any atom is 0.0723 e. The maximum absolute atomic E-state index is 6.02. The lowest BCUT2D eigenvalue weighted by Gasteiger charge is -2.14. The summed E-state index contributed by atoms with van der Waals surface area (Å²) in [5.74, 6) is 0. The predicted octanol–water partition coefficient (Wildman–Crippen LogP) is 3.40. The van der Waals surface area contributed by atoms with Crippen molar-refractivity contribution in [2.24, 2.45) is 0 Å². The maximum atomic E-state index is 6.02. The van der Waals surface area contributed by atoms with Crippen LogP contribution in [-0.4, -0.2) is 12.1 Å². The van der Waals surface area contributed by atoms with Crippen LogP contribution in [0, 0.1) is 0 Å². The largest absolute Gasteiger partial charge is 0.374 e. The number of hydrogen-bond donors (Lipinski definition) is 1. The lowest BCUT2D eigenvalue weighted by atomic mass is 10.1. The van der Waals surface area contributed by atoms with Gasteiger partial charge in [0.25, 0.3) is 0 Å². The Balaban J connectivity index is 1.55. The summed E-state index contributed by atoms with van der Waals surface area (Å²) in [5, 5.41) is 3.59. The molecule has 3 rings (SSSR count). The predicted molar refractivity (Wildman–Crippen MR) is 73.3 cm³/mol. The molecule has 0 amide bonds. The number of hydrogen-bond acceptors (Lipinski definition) is 2. The normalized spacial score (nSPS) is 20.4. The summed E-state index contributed by atoms with van der Waals surface area (Å²) < 4.78 is 6.02. The van der Waals surface area contributed by atoms with Gasteiger partial charge in [-0.15, -0.1) is 0 Å².